The predicted molar refractivity (Wildman–Crippen MR) is 124 cm³/mol. The number of non-ortho nitro benzene ring substituents is 1. The van der Waals surface area contributed by atoms with Gasteiger partial charge in [0, 0.05) is 42.2 Å². The highest BCUT2D eigenvalue weighted by Gasteiger charge is 2.65. The molecule has 9 heteroatoms. The van der Waals surface area contributed by atoms with Crippen LogP contribution in [0.25, 0.3) is 0 Å². The molecule has 3 atom stereocenters. The number of urea groups is 1. The smallest absolute Gasteiger partial charge is 0.331 e. The number of amides is 4. The van der Waals surface area contributed by atoms with Crippen molar-refractivity contribution in [2.24, 2.45) is 5.41 Å². The number of nitro benzene ring substituents is 1. The molecule has 5 rings (SSSR count). The number of benzene rings is 2. The largest absolute Gasteiger partial charge is 0.366 e. The first-order valence-corrected chi connectivity index (χ1v) is 11.3. The summed E-state index contributed by atoms with van der Waals surface area (Å²) in [6.45, 7) is 5.80. The number of fused-ring (bicyclic) bond motifs is 4. The Kier molecular flexibility index (Phi) is 4.79. The third-order valence-corrected chi connectivity index (χ3v) is 7.28. The molecular formula is C25H26N4O5. The molecule has 9 nitrogen and oxygen atoms in total. The number of carbonyl (C=O) groups excluding carboxylic acids is 3. The average molecular weight is 463 g/mol. The SMILES string of the molecule is CC(C)(C)N1C(=O)NC(=O)[C@]2(Cc3cc([N+](=O)[O-])ccc3N3C[C@@H](c4ccccc4)C[C@H]32)C1=O. The minimum atomic E-state index is -1.56. The second kappa shape index (κ2) is 7.38. The van der Waals surface area contributed by atoms with Gasteiger partial charge in [-0.1, -0.05) is 30.3 Å². The van der Waals surface area contributed by atoms with E-state index in [2.05, 4.69) is 5.32 Å². The Morgan fingerprint density at radius 3 is 2.44 bits per heavy atom. The van der Waals surface area contributed by atoms with Gasteiger partial charge in [0.1, 0.15) is 0 Å². The quantitative estimate of drug-likeness (QED) is 0.416. The topological polar surface area (TPSA) is 113 Å². The summed E-state index contributed by atoms with van der Waals surface area (Å²) >= 11 is 0. The Bertz CT molecular complexity index is 1220. The number of nitrogens with one attached hydrogen (secondary N) is 1. The van der Waals surface area contributed by atoms with Gasteiger partial charge in [-0.3, -0.25) is 29.9 Å². The van der Waals surface area contributed by atoms with Crippen LogP contribution in [0, 0.1) is 15.5 Å². The molecule has 0 unspecified atom stereocenters. The molecule has 2 aromatic rings. The lowest BCUT2D eigenvalue weighted by Gasteiger charge is -2.51. The summed E-state index contributed by atoms with van der Waals surface area (Å²) in [6.07, 6.45) is 0.545. The van der Waals surface area contributed by atoms with Crippen molar-refractivity contribution in [2.45, 2.75) is 51.1 Å². The molecule has 176 valence electrons. The fourth-order valence-electron chi connectivity index (χ4n) is 5.77. The monoisotopic (exact) mass is 462 g/mol. The molecule has 2 aromatic carbocycles. The van der Waals surface area contributed by atoms with E-state index >= 15 is 0 Å². The van der Waals surface area contributed by atoms with Gasteiger partial charge in [-0.15, -0.1) is 0 Å². The molecule has 0 bridgehead atoms. The number of rotatable bonds is 2. The van der Waals surface area contributed by atoms with Crippen molar-refractivity contribution in [3.05, 3.63) is 69.8 Å². The van der Waals surface area contributed by atoms with E-state index in [4.69, 9.17) is 0 Å². The van der Waals surface area contributed by atoms with Gasteiger partial charge in [-0.25, -0.2) is 4.79 Å². The van der Waals surface area contributed by atoms with Gasteiger partial charge < -0.3 is 4.90 Å². The Balaban J connectivity index is 1.68. The standard InChI is InChI=1S/C25H26N4O5/c1-24(2,3)28-22(31)25(21(30)26-23(28)32)13-16-11-18(29(33)34)9-10-19(16)27-14-17(12-20(25)27)15-7-5-4-6-8-15/h4-11,17,20H,12-14H2,1-3H3,(H,26,30,32)/t17-,20-,25+/m0/s1. The summed E-state index contributed by atoms with van der Waals surface area (Å²) in [6, 6.07) is 13.3. The zero-order chi connectivity index (χ0) is 24.4. The van der Waals surface area contributed by atoms with E-state index in [1.54, 1.807) is 26.8 Å². The first kappa shape index (κ1) is 22.1. The van der Waals surface area contributed by atoms with Crippen molar-refractivity contribution < 1.29 is 19.3 Å². The minimum Gasteiger partial charge on any atom is -0.366 e. The number of carbonyl (C=O) groups is 3. The number of barbiturate groups is 1. The highest BCUT2D eigenvalue weighted by Crippen LogP contribution is 2.52. The van der Waals surface area contributed by atoms with Gasteiger partial charge in [0.2, 0.25) is 11.8 Å². The van der Waals surface area contributed by atoms with Gasteiger partial charge in [-0.05, 0) is 44.4 Å². The Morgan fingerprint density at radius 2 is 1.79 bits per heavy atom. The molecule has 2 saturated heterocycles. The molecule has 3 aliphatic rings. The molecule has 1 N–H and O–H groups in total. The van der Waals surface area contributed by atoms with Crippen molar-refractivity contribution >= 4 is 29.2 Å². The highest BCUT2D eigenvalue weighted by atomic mass is 16.6. The molecule has 1 spiro atoms. The van der Waals surface area contributed by atoms with Crippen LogP contribution in [0.3, 0.4) is 0 Å². The summed E-state index contributed by atoms with van der Waals surface area (Å²) in [5.74, 6) is -1.12. The third kappa shape index (κ3) is 3.10. The normalized spacial score (nSPS) is 26.4. The van der Waals surface area contributed by atoms with Crippen LogP contribution in [0.2, 0.25) is 0 Å². The summed E-state index contributed by atoms with van der Waals surface area (Å²) < 4.78 is 0. The van der Waals surface area contributed by atoms with Crippen LogP contribution in [0.5, 0.6) is 0 Å². The summed E-state index contributed by atoms with van der Waals surface area (Å²) in [5.41, 5.74) is -0.0561. The van der Waals surface area contributed by atoms with E-state index in [1.165, 1.54) is 12.1 Å². The van der Waals surface area contributed by atoms with E-state index in [0.29, 0.717) is 18.5 Å². The fraction of sp³-hybridized carbons (Fsp3) is 0.400. The molecule has 34 heavy (non-hydrogen) atoms. The Labute approximate surface area is 196 Å². The zero-order valence-electron chi connectivity index (χ0n) is 19.3. The van der Waals surface area contributed by atoms with Crippen molar-refractivity contribution in [1.29, 1.82) is 0 Å². The second-order valence-corrected chi connectivity index (χ2v) is 10.3. The van der Waals surface area contributed by atoms with Gasteiger partial charge >= 0.3 is 6.03 Å². The molecular weight excluding hydrogens is 436 g/mol. The lowest BCUT2D eigenvalue weighted by Crippen LogP contribution is -2.73. The summed E-state index contributed by atoms with van der Waals surface area (Å²) in [7, 11) is 0. The molecule has 0 radical (unpaired) electrons. The summed E-state index contributed by atoms with van der Waals surface area (Å²) in [5, 5.41) is 13.9. The lowest BCUT2D eigenvalue weighted by molar-refractivity contribution is -0.384. The maximum Gasteiger partial charge on any atom is 0.331 e. The third-order valence-electron chi connectivity index (χ3n) is 7.28. The van der Waals surface area contributed by atoms with Gasteiger partial charge in [0.15, 0.2) is 5.41 Å². The molecule has 0 saturated carbocycles. The maximum absolute atomic E-state index is 14.1. The van der Waals surface area contributed by atoms with Crippen molar-refractivity contribution in [2.75, 3.05) is 11.4 Å². The van der Waals surface area contributed by atoms with Gasteiger partial charge in [0.25, 0.3) is 5.69 Å². The average Bonchev–Trinajstić information content (AvgIpc) is 3.23. The Hall–Kier alpha value is -3.75. The second-order valence-electron chi connectivity index (χ2n) is 10.3. The lowest BCUT2D eigenvalue weighted by atomic mass is 9.67. The van der Waals surface area contributed by atoms with Crippen molar-refractivity contribution in [3.63, 3.8) is 0 Å². The van der Waals surface area contributed by atoms with Crippen LogP contribution in [-0.2, 0) is 16.0 Å². The van der Waals surface area contributed by atoms with Crippen molar-refractivity contribution in [3.8, 4) is 0 Å². The van der Waals surface area contributed by atoms with Crippen LogP contribution in [0.15, 0.2) is 48.5 Å². The zero-order valence-corrected chi connectivity index (χ0v) is 19.3. The van der Waals surface area contributed by atoms with E-state index in [0.717, 1.165) is 16.2 Å². The Morgan fingerprint density at radius 1 is 1.09 bits per heavy atom. The van der Waals surface area contributed by atoms with E-state index in [1.807, 2.05) is 35.2 Å². The molecule has 3 heterocycles. The predicted octanol–water partition coefficient (Wildman–Crippen LogP) is 3.38. The molecule has 3 aliphatic heterocycles. The van der Waals surface area contributed by atoms with E-state index in [9.17, 15) is 24.5 Å². The van der Waals surface area contributed by atoms with E-state index < -0.39 is 39.8 Å². The first-order chi connectivity index (χ1) is 16.0. The van der Waals surface area contributed by atoms with Crippen LogP contribution in [0.4, 0.5) is 16.2 Å². The summed E-state index contributed by atoms with van der Waals surface area (Å²) in [4.78, 5) is 54.5. The minimum absolute atomic E-state index is 0.00276. The van der Waals surface area contributed by atoms with Crippen LogP contribution in [0.1, 0.15) is 44.2 Å². The molecule has 0 aliphatic carbocycles. The van der Waals surface area contributed by atoms with Crippen LogP contribution in [-0.4, -0.2) is 45.8 Å². The number of nitro groups is 1. The molecule has 4 amide bonds. The fourth-order valence-corrected chi connectivity index (χ4v) is 5.77. The number of hydrogen-bond donors (Lipinski definition) is 1. The maximum atomic E-state index is 14.1. The molecule has 0 aromatic heterocycles. The van der Waals surface area contributed by atoms with Crippen LogP contribution >= 0.6 is 0 Å². The molecule has 2 fully saturated rings. The number of nitrogens with zero attached hydrogens (tertiary/aromatic N) is 3. The van der Waals surface area contributed by atoms with Crippen molar-refractivity contribution in [1.82, 2.24) is 10.2 Å². The highest BCUT2D eigenvalue weighted by molar-refractivity contribution is 6.20. The van der Waals surface area contributed by atoms with Gasteiger partial charge in [-0.2, -0.15) is 0 Å². The number of hydrogen-bond acceptors (Lipinski definition) is 6. The first-order valence-electron chi connectivity index (χ1n) is 11.3. The number of anilines is 1. The number of imide groups is 2. The van der Waals surface area contributed by atoms with Crippen LogP contribution < -0.4 is 10.2 Å². The van der Waals surface area contributed by atoms with E-state index in [-0.39, 0.29) is 18.0 Å². The van der Waals surface area contributed by atoms with Gasteiger partial charge in [0.05, 0.1) is 11.0 Å².